The average molecular weight is 433 g/mol. The van der Waals surface area contributed by atoms with E-state index in [0.717, 1.165) is 54.6 Å². The second kappa shape index (κ2) is 9.96. The van der Waals surface area contributed by atoms with E-state index < -0.39 is 0 Å². The maximum Gasteiger partial charge on any atom is 0.251 e. The van der Waals surface area contributed by atoms with Gasteiger partial charge in [-0.05, 0) is 88.8 Å². The lowest BCUT2D eigenvalue weighted by molar-refractivity contribution is 0.0939. The van der Waals surface area contributed by atoms with Gasteiger partial charge in [0.25, 0.3) is 5.91 Å². The lowest BCUT2D eigenvalue weighted by Crippen LogP contribution is -2.36. The van der Waals surface area contributed by atoms with E-state index in [2.05, 4.69) is 58.0 Å². The number of benzene rings is 2. The molecule has 3 N–H and O–H groups in total. The smallest absolute Gasteiger partial charge is 0.251 e. The predicted molar refractivity (Wildman–Crippen MR) is 131 cm³/mol. The fourth-order valence-electron chi connectivity index (χ4n) is 3.81. The third-order valence-electron chi connectivity index (χ3n) is 6.07. The van der Waals surface area contributed by atoms with Gasteiger partial charge in [-0.1, -0.05) is 6.92 Å². The normalized spacial score (nSPS) is 16.0. The van der Waals surface area contributed by atoms with E-state index >= 15 is 0 Å². The van der Waals surface area contributed by atoms with Crippen LogP contribution in [0.3, 0.4) is 0 Å². The van der Waals surface area contributed by atoms with Gasteiger partial charge in [0.2, 0.25) is 5.95 Å². The molecule has 3 aromatic rings. The van der Waals surface area contributed by atoms with E-state index in [1.807, 2.05) is 37.4 Å². The minimum atomic E-state index is -0.0579. The molecule has 0 radical (unpaired) electrons. The number of hydrogen-bond acceptors (Lipinski definition) is 6. The molecule has 1 fully saturated rings. The number of anilines is 3. The number of carbonyl (C=O) groups is 1. The fourth-order valence-corrected chi connectivity index (χ4v) is 3.81. The molecule has 0 saturated carbocycles. The van der Waals surface area contributed by atoms with Gasteiger partial charge in [-0.15, -0.1) is 0 Å². The molecule has 1 aliphatic heterocycles. The number of hydrogen-bond donors (Lipinski definition) is 3. The molecule has 0 spiro atoms. The van der Waals surface area contributed by atoms with Crippen molar-refractivity contribution in [3.05, 3.63) is 54.2 Å². The van der Waals surface area contributed by atoms with Crippen LogP contribution in [0.15, 0.2) is 48.7 Å². The van der Waals surface area contributed by atoms with E-state index in [9.17, 15) is 4.79 Å². The number of likely N-dealkylation sites (tertiary alicyclic amines) is 1. The molecule has 2 heterocycles. The zero-order chi connectivity index (χ0) is 22.5. The van der Waals surface area contributed by atoms with Gasteiger partial charge in [0.1, 0.15) is 0 Å². The Morgan fingerprint density at radius 1 is 1.12 bits per heavy atom. The van der Waals surface area contributed by atoms with E-state index in [1.165, 1.54) is 0 Å². The summed E-state index contributed by atoms with van der Waals surface area (Å²) in [7, 11) is 2.17. The summed E-state index contributed by atoms with van der Waals surface area (Å²) < 4.78 is 0. The quantitative estimate of drug-likeness (QED) is 0.513. The molecule has 1 saturated heterocycles. The first-order valence-electron chi connectivity index (χ1n) is 11.4. The van der Waals surface area contributed by atoms with Gasteiger partial charge >= 0.3 is 0 Å². The third kappa shape index (κ3) is 5.53. The molecule has 1 aliphatic rings. The first kappa shape index (κ1) is 22.0. The van der Waals surface area contributed by atoms with Gasteiger partial charge in [0.15, 0.2) is 0 Å². The molecule has 1 atom stereocenters. The third-order valence-corrected chi connectivity index (χ3v) is 6.07. The fraction of sp³-hybridized carbons (Fsp3) is 0.400. The Morgan fingerprint density at radius 2 is 1.84 bits per heavy atom. The molecule has 7 heteroatoms. The first-order valence-corrected chi connectivity index (χ1v) is 11.4. The number of fused-ring (bicyclic) bond motifs is 1. The Labute approximate surface area is 189 Å². The van der Waals surface area contributed by atoms with E-state index in [0.29, 0.717) is 17.6 Å². The van der Waals surface area contributed by atoms with Crippen LogP contribution < -0.4 is 16.0 Å². The largest absolute Gasteiger partial charge is 0.382 e. The van der Waals surface area contributed by atoms with Crippen molar-refractivity contribution in [2.24, 2.45) is 0 Å². The average Bonchev–Trinajstić information content (AvgIpc) is 2.80. The monoisotopic (exact) mass is 432 g/mol. The minimum Gasteiger partial charge on any atom is -0.382 e. The topological polar surface area (TPSA) is 82.2 Å². The van der Waals surface area contributed by atoms with Crippen LogP contribution in [0.5, 0.6) is 0 Å². The molecule has 0 bridgehead atoms. The van der Waals surface area contributed by atoms with Crippen LogP contribution in [0, 0.1) is 0 Å². The van der Waals surface area contributed by atoms with Crippen LogP contribution in [0.2, 0.25) is 0 Å². The van der Waals surface area contributed by atoms with Crippen LogP contribution in [0.25, 0.3) is 10.9 Å². The lowest BCUT2D eigenvalue weighted by atomic mass is 10.1. The number of rotatable bonds is 7. The van der Waals surface area contributed by atoms with E-state index in [1.54, 1.807) is 0 Å². The number of nitrogens with zero attached hydrogens (tertiary/aromatic N) is 3. The summed E-state index contributed by atoms with van der Waals surface area (Å²) in [6.07, 6.45) is 5.03. The maximum absolute atomic E-state index is 12.3. The highest BCUT2D eigenvalue weighted by molar-refractivity contribution is 5.94. The van der Waals surface area contributed by atoms with Crippen molar-refractivity contribution >= 4 is 34.1 Å². The molecular weight excluding hydrogens is 400 g/mol. The van der Waals surface area contributed by atoms with Gasteiger partial charge in [-0.2, -0.15) is 0 Å². The summed E-state index contributed by atoms with van der Waals surface area (Å²) in [6.45, 7) is 6.30. The van der Waals surface area contributed by atoms with E-state index in [4.69, 9.17) is 4.98 Å². The Kier molecular flexibility index (Phi) is 6.85. The van der Waals surface area contributed by atoms with Gasteiger partial charge in [-0.25, -0.2) is 9.97 Å². The Balaban J connectivity index is 1.43. The number of carbonyl (C=O) groups excluding carboxylic acids is 1. The molecule has 7 nitrogen and oxygen atoms in total. The summed E-state index contributed by atoms with van der Waals surface area (Å²) in [6, 6.07) is 14.3. The van der Waals surface area contributed by atoms with Gasteiger partial charge in [-0.3, -0.25) is 4.79 Å². The maximum atomic E-state index is 12.3. The number of aromatic nitrogens is 2. The second-order valence-electron chi connectivity index (χ2n) is 8.67. The van der Waals surface area contributed by atoms with Crippen LogP contribution in [-0.2, 0) is 0 Å². The SMILES string of the molecule is CCC(C)NC(=O)c1ccc(Nc2ncc3ccc(NC4CCN(C)CC4)cc3n2)cc1. The van der Waals surface area contributed by atoms with Crippen molar-refractivity contribution in [3.8, 4) is 0 Å². The summed E-state index contributed by atoms with van der Waals surface area (Å²) in [4.78, 5) is 23.8. The molecule has 0 aliphatic carbocycles. The number of piperidine rings is 1. The number of amides is 1. The zero-order valence-electron chi connectivity index (χ0n) is 19.1. The molecule has 168 valence electrons. The molecule has 1 amide bonds. The summed E-state index contributed by atoms with van der Waals surface area (Å²) >= 11 is 0. The summed E-state index contributed by atoms with van der Waals surface area (Å²) in [5.74, 6) is 0.475. The predicted octanol–water partition coefficient (Wildman–Crippen LogP) is 4.41. The highest BCUT2D eigenvalue weighted by Crippen LogP contribution is 2.22. The highest BCUT2D eigenvalue weighted by Gasteiger charge is 2.16. The van der Waals surface area contributed by atoms with Gasteiger partial charge in [0, 0.05) is 40.6 Å². The van der Waals surface area contributed by atoms with Crippen molar-refractivity contribution in [1.29, 1.82) is 0 Å². The first-order chi connectivity index (χ1) is 15.5. The summed E-state index contributed by atoms with van der Waals surface area (Å²) in [5, 5.41) is 10.9. The van der Waals surface area contributed by atoms with Crippen molar-refractivity contribution in [1.82, 2.24) is 20.2 Å². The molecule has 1 aromatic heterocycles. The van der Waals surface area contributed by atoms with E-state index in [-0.39, 0.29) is 11.9 Å². The molecule has 1 unspecified atom stereocenters. The van der Waals surface area contributed by atoms with Gasteiger partial charge < -0.3 is 20.9 Å². The van der Waals surface area contributed by atoms with Crippen LogP contribution >= 0.6 is 0 Å². The van der Waals surface area contributed by atoms with Crippen molar-refractivity contribution in [3.63, 3.8) is 0 Å². The van der Waals surface area contributed by atoms with Crippen LogP contribution in [-0.4, -0.2) is 53.0 Å². The summed E-state index contributed by atoms with van der Waals surface area (Å²) in [5.41, 5.74) is 3.46. The van der Waals surface area contributed by atoms with Crippen molar-refractivity contribution in [2.45, 2.75) is 45.2 Å². The van der Waals surface area contributed by atoms with Crippen molar-refractivity contribution in [2.75, 3.05) is 30.8 Å². The molecule has 2 aromatic carbocycles. The Hall–Kier alpha value is -3.19. The van der Waals surface area contributed by atoms with Crippen LogP contribution in [0.1, 0.15) is 43.5 Å². The lowest BCUT2D eigenvalue weighted by Gasteiger charge is -2.30. The van der Waals surface area contributed by atoms with Gasteiger partial charge in [0.05, 0.1) is 5.52 Å². The Bertz CT molecular complexity index is 1060. The number of nitrogens with one attached hydrogen (secondary N) is 3. The van der Waals surface area contributed by atoms with Crippen LogP contribution in [0.4, 0.5) is 17.3 Å². The Morgan fingerprint density at radius 3 is 2.56 bits per heavy atom. The molecule has 4 rings (SSSR count). The highest BCUT2D eigenvalue weighted by atomic mass is 16.1. The second-order valence-corrected chi connectivity index (χ2v) is 8.67. The molecule has 32 heavy (non-hydrogen) atoms. The van der Waals surface area contributed by atoms with Crippen molar-refractivity contribution < 1.29 is 4.79 Å². The zero-order valence-corrected chi connectivity index (χ0v) is 19.1. The minimum absolute atomic E-state index is 0.0579. The molecular formula is C25H32N6O. The standard InChI is InChI=1S/C25H32N6O/c1-4-17(2)27-24(32)18-5-8-20(9-6-18)29-25-26-16-19-7-10-22(15-23(19)30-25)28-21-11-13-31(3)14-12-21/h5-10,15-17,21,28H,4,11-14H2,1-3H3,(H,27,32)(H,26,29,30).